The van der Waals surface area contributed by atoms with Crippen LogP contribution in [-0.4, -0.2) is 28.0 Å². The highest BCUT2D eigenvalue weighted by atomic mass is 16.2. The summed E-state index contributed by atoms with van der Waals surface area (Å²) in [5, 5.41) is 6.33. The normalized spacial score (nSPS) is 9.69. The van der Waals surface area contributed by atoms with E-state index in [2.05, 4.69) is 10.4 Å². The van der Waals surface area contributed by atoms with Crippen LogP contribution < -0.4 is 5.32 Å². The van der Waals surface area contributed by atoms with Crippen molar-refractivity contribution in [2.24, 2.45) is 7.05 Å². The number of Topliss-reactive ketones (excluding diaryl/α,β-unsaturated/α-hetero) is 1. The molecule has 13 heavy (non-hydrogen) atoms. The highest BCUT2D eigenvalue weighted by molar-refractivity contribution is 5.94. The van der Waals surface area contributed by atoms with Gasteiger partial charge in [0.15, 0.2) is 0 Å². The Balaban J connectivity index is 2.54. The molecule has 5 heteroatoms. The number of amides is 1. The quantitative estimate of drug-likeness (QED) is 0.698. The molecule has 0 spiro atoms. The van der Waals surface area contributed by atoms with Gasteiger partial charge in [-0.3, -0.25) is 14.3 Å². The lowest BCUT2D eigenvalue weighted by Gasteiger charge is -1.98. The number of hydrogen-bond donors (Lipinski definition) is 1. The number of ketones is 1. The summed E-state index contributed by atoms with van der Waals surface area (Å²) < 4.78 is 1.53. The molecule has 0 aromatic carbocycles. The second-order valence-electron chi connectivity index (χ2n) is 2.76. The summed E-state index contributed by atoms with van der Waals surface area (Å²) in [4.78, 5) is 21.8. The van der Waals surface area contributed by atoms with Crippen LogP contribution in [0.2, 0.25) is 0 Å². The maximum Gasteiger partial charge on any atom is 0.272 e. The van der Waals surface area contributed by atoms with Gasteiger partial charge in [0.25, 0.3) is 5.91 Å². The Morgan fingerprint density at radius 1 is 1.62 bits per heavy atom. The maximum atomic E-state index is 11.2. The van der Waals surface area contributed by atoms with Crippen LogP contribution in [-0.2, 0) is 11.8 Å². The lowest BCUT2D eigenvalue weighted by Crippen LogP contribution is -2.28. The van der Waals surface area contributed by atoms with Crippen LogP contribution in [0.25, 0.3) is 0 Å². The van der Waals surface area contributed by atoms with Crippen LogP contribution in [0, 0.1) is 0 Å². The SMILES string of the molecule is CC(=O)CNC(=O)c1ccn(C)n1. The lowest BCUT2D eigenvalue weighted by atomic mass is 10.4. The van der Waals surface area contributed by atoms with E-state index in [1.807, 2.05) is 0 Å². The average molecular weight is 181 g/mol. The minimum absolute atomic E-state index is 0.0510. The average Bonchev–Trinajstić information content (AvgIpc) is 2.47. The molecule has 0 unspecified atom stereocenters. The van der Waals surface area contributed by atoms with Gasteiger partial charge < -0.3 is 5.32 Å². The van der Waals surface area contributed by atoms with Crippen molar-refractivity contribution in [1.82, 2.24) is 15.1 Å². The summed E-state index contributed by atoms with van der Waals surface area (Å²) in [6.45, 7) is 1.47. The first-order valence-corrected chi connectivity index (χ1v) is 3.87. The van der Waals surface area contributed by atoms with Crippen molar-refractivity contribution in [3.8, 4) is 0 Å². The zero-order chi connectivity index (χ0) is 9.84. The number of nitrogens with one attached hydrogen (secondary N) is 1. The molecule has 70 valence electrons. The number of nitrogens with zero attached hydrogens (tertiary/aromatic N) is 2. The van der Waals surface area contributed by atoms with E-state index >= 15 is 0 Å². The Morgan fingerprint density at radius 2 is 2.31 bits per heavy atom. The van der Waals surface area contributed by atoms with Gasteiger partial charge in [0.1, 0.15) is 11.5 Å². The van der Waals surface area contributed by atoms with Crippen LogP contribution >= 0.6 is 0 Å². The molecule has 0 fully saturated rings. The fourth-order valence-electron chi connectivity index (χ4n) is 0.831. The van der Waals surface area contributed by atoms with Crippen molar-refractivity contribution in [2.45, 2.75) is 6.92 Å². The number of hydrogen-bond acceptors (Lipinski definition) is 3. The van der Waals surface area contributed by atoms with Crippen LogP contribution in [0.4, 0.5) is 0 Å². The molecule has 0 saturated heterocycles. The third kappa shape index (κ3) is 2.70. The standard InChI is InChI=1S/C8H11N3O2/c1-6(12)5-9-8(13)7-3-4-11(2)10-7/h3-4H,5H2,1-2H3,(H,9,13). The van der Waals surface area contributed by atoms with Gasteiger partial charge in [-0.2, -0.15) is 5.10 Å². The van der Waals surface area contributed by atoms with Gasteiger partial charge >= 0.3 is 0 Å². The van der Waals surface area contributed by atoms with E-state index in [-0.39, 0.29) is 18.2 Å². The van der Waals surface area contributed by atoms with Crippen molar-refractivity contribution in [2.75, 3.05) is 6.54 Å². The number of aromatic nitrogens is 2. The highest BCUT2D eigenvalue weighted by Gasteiger charge is 2.07. The summed E-state index contributed by atoms with van der Waals surface area (Å²) in [7, 11) is 1.72. The molecule has 0 saturated carbocycles. The predicted molar refractivity (Wildman–Crippen MR) is 46.2 cm³/mol. The van der Waals surface area contributed by atoms with Crippen LogP contribution in [0.1, 0.15) is 17.4 Å². The molecule has 0 radical (unpaired) electrons. The van der Waals surface area contributed by atoms with E-state index in [1.165, 1.54) is 11.6 Å². The van der Waals surface area contributed by atoms with E-state index in [9.17, 15) is 9.59 Å². The number of carbonyl (C=O) groups excluding carboxylic acids is 2. The molecule has 1 amide bonds. The van der Waals surface area contributed by atoms with E-state index < -0.39 is 0 Å². The first-order chi connectivity index (χ1) is 6.09. The number of aryl methyl sites for hydroxylation is 1. The van der Waals surface area contributed by atoms with Crippen LogP contribution in [0.15, 0.2) is 12.3 Å². The Kier molecular flexibility index (Phi) is 2.79. The van der Waals surface area contributed by atoms with Gasteiger partial charge in [0.2, 0.25) is 0 Å². The minimum atomic E-state index is -0.323. The second-order valence-corrected chi connectivity index (χ2v) is 2.76. The first-order valence-electron chi connectivity index (χ1n) is 3.87. The zero-order valence-corrected chi connectivity index (χ0v) is 7.57. The van der Waals surface area contributed by atoms with Crippen molar-refractivity contribution in [3.63, 3.8) is 0 Å². The fraction of sp³-hybridized carbons (Fsp3) is 0.375. The lowest BCUT2D eigenvalue weighted by molar-refractivity contribution is -0.116. The summed E-state index contributed by atoms with van der Waals surface area (Å²) in [6, 6.07) is 1.59. The molecule has 1 N–H and O–H groups in total. The number of carbonyl (C=O) groups is 2. The summed E-state index contributed by atoms with van der Waals surface area (Å²) in [6.07, 6.45) is 1.67. The summed E-state index contributed by atoms with van der Waals surface area (Å²) >= 11 is 0. The summed E-state index contributed by atoms with van der Waals surface area (Å²) in [5.41, 5.74) is 0.323. The Hall–Kier alpha value is -1.65. The molecule has 1 aromatic rings. The molecule has 0 aliphatic rings. The van der Waals surface area contributed by atoms with E-state index in [0.717, 1.165) is 0 Å². The van der Waals surface area contributed by atoms with Gasteiger partial charge in [0.05, 0.1) is 6.54 Å². The molecule has 1 rings (SSSR count). The largest absolute Gasteiger partial charge is 0.344 e. The van der Waals surface area contributed by atoms with E-state index in [0.29, 0.717) is 5.69 Å². The minimum Gasteiger partial charge on any atom is -0.344 e. The van der Waals surface area contributed by atoms with Gasteiger partial charge in [-0.25, -0.2) is 0 Å². The molecular formula is C8H11N3O2. The van der Waals surface area contributed by atoms with Crippen molar-refractivity contribution >= 4 is 11.7 Å². The molecule has 0 aliphatic carbocycles. The second kappa shape index (κ2) is 3.84. The topological polar surface area (TPSA) is 64.0 Å². The van der Waals surface area contributed by atoms with E-state index in [1.54, 1.807) is 19.3 Å². The zero-order valence-electron chi connectivity index (χ0n) is 7.57. The predicted octanol–water partition coefficient (Wildman–Crippen LogP) is -0.261. The molecular weight excluding hydrogens is 170 g/mol. The fourth-order valence-corrected chi connectivity index (χ4v) is 0.831. The highest BCUT2D eigenvalue weighted by Crippen LogP contribution is 1.92. The molecule has 0 atom stereocenters. The van der Waals surface area contributed by atoms with Gasteiger partial charge in [-0.1, -0.05) is 0 Å². The maximum absolute atomic E-state index is 11.2. The smallest absolute Gasteiger partial charge is 0.272 e. The van der Waals surface area contributed by atoms with Crippen molar-refractivity contribution in [1.29, 1.82) is 0 Å². The Labute approximate surface area is 75.7 Å². The molecule has 5 nitrogen and oxygen atoms in total. The number of rotatable bonds is 3. The molecule has 1 aromatic heterocycles. The van der Waals surface area contributed by atoms with Crippen molar-refractivity contribution in [3.05, 3.63) is 18.0 Å². The Morgan fingerprint density at radius 3 is 2.77 bits per heavy atom. The van der Waals surface area contributed by atoms with Gasteiger partial charge in [-0.15, -0.1) is 0 Å². The third-order valence-corrected chi connectivity index (χ3v) is 1.44. The van der Waals surface area contributed by atoms with Crippen molar-refractivity contribution < 1.29 is 9.59 Å². The monoisotopic (exact) mass is 181 g/mol. The van der Waals surface area contributed by atoms with E-state index in [4.69, 9.17) is 0 Å². The van der Waals surface area contributed by atoms with Gasteiger partial charge in [0, 0.05) is 13.2 Å². The van der Waals surface area contributed by atoms with Crippen LogP contribution in [0.3, 0.4) is 0 Å². The molecule has 0 aliphatic heterocycles. The summed E-state index contributed by atoms with van der Waals surface area (Å²) in [5.74, 6) is -0.403. The molecule has 0 bridgehead atoms. The van der Waals surface area contributed by atoms with Crippen LogP contribution in [0.5, 0.6) is 0 Å². The first kappa shape index (κ1) is 9.44. The Bertz CT molecular complexity index is 330. The third-order valence-electron chi connectivity index (χ3n) is 1.44. The van der Waals surface area contributed by atoms with Gasteiger partial charge in [-0.05, 0) is 13.0 Å². The molecule has 1 heterocycles.